The van der Waals surface area contributed by atoms with Gasteiger partial charge in [-0.2, -0.15) is 0 Å². The molecule has 1 aliphatic rings. The van der Waals surface area contributed by atoms with Crippen molar-refractivity contribution in [1.82, 2.24) is 0 Å². The van der Waals surface area contributed by atoms with Gasteiger partial charge in [0.15, 0.2) is 0 Å². The van der Waals surface area contributed by atoms with Crippen molar-refractivity contribution in [2.75, 3.05) is 0 Å². The summed E-state index contributed by atoms with van der Waals surface area (Å²) >= 11 is 0. The van der Waals surface area contributed by atoms with E-state index in [9.17, 15) is 0 Å². The second kappa shape index (κ2) is 7.21. The van der Waals surface area contributed by atoms with Crippen molar-refractivity contribution >= 4 is 18.5 Å². The lowest BCUT2D eigenvalue weighted by Gasteiger charge is -2.46. The molecule has 0 unspecified atom stereocenters. The van der Waals surface area contributed by atoms with E-state index in [0.29, 0.717) is 11.6 Å². The fourth-order valence-corrected chi connectivity index (χ4v) is 7.03. The summed E-state index contributed by atoms with van der Waals surface area (Å²) in [7, 11) is -0.475. The molecule has 1 aliphatic carbocycles. The summed E-state index contributed by atoms with van der Waals surface area (Å²) in [5, 5.41) is 2.87. The Balaban J connectivity index is 2.05. The highest BCUT2D eigenvalue weighted by molar-refractivity contribution is 7.73. The second-order valence-corrected chi connectivity index (χ2v) is 9.78. The van der Waals surface area contributed by atoms with Crippen molar-refractivity contribution in [3.05, 3.63) is 72.8 Å². The van der Waals surface area contributed by atoms with Crippen LogP contribution in [0.5, 0.6) is 0 Å². The molecular weight excluding hydrogens is 309 g/mol. The van der Waals surface area contributed by atoms with Crippen LogP contribution in [-0.4, -0.2) is 11.2 Å². The van der Waals surface area contributed by atoms with E-state index in [1.807, 2.05) is 0 Å². The van der Waals surface area contributed by atoms with E-state index >= 15 is 0 Å². The molecule has 0 heterocycles. The lowest BCUT2D eigenvalue weighted by atomic mass is 9.75. The van der Waals surface area contributed by atoms with E-state index in [0.717, 1.165) is 12.8 Å². The van der Waals surface area contributed by atoms with Gasteiger partial charge in [-0.15, -0.1) is 0 Å². The molecule has 0 bridgehead atoms. The van der Waals surface area contributed by atoms with Crippen LogP contribution in [0.2, 0.25) is 0 Å². The zero-order valence-electron chi connectivity index (χ0n) is 14.8. The van der Waals surface area contributed by atoms with Crippen molar-refractivity contribution in [3.63, 3.8) is 0 Å². The number of rotatable bonds is 4. The van der Waals surface area contributed by atoms with Crippen LogP contribution in [0.15, 0.2) is 72.8 Å². The summed E-state index contributed by atoms with van der Waals surface area (Å²) in [5.74, 6) is 0.601. The van der Waals surface area contributed by atoms with E-state index in [1.165, 1.54) is 22.6 Å². The van der Waals surface area contributed by atoms with Gasteiger partial charge < -0.3 is 5.73 Å². The lowest BCUT2D eigenvalue weighted by Crippen LogP contribution is -2.53. The standard InChI is InChI=1S/C22H28NP/c1-17(2)18-14-15-22(3,23)21(16-18)24(19-10-6-4-7-11-19)20-12-8-5-9-13-20/h4-13,18,21H,1,14-16,23H2,2-3H3/t18-,21+,22+/m0/s1. The minimum absolute atomic E-state index is 0.122. The third-order valence-electron chi connectivity index (χ3n) is 5.38. The average Bonchev–Trinajstić information content (AvgIpc) is 2.58. The largest absolute Gasteiger partial charge is 0.325 e. The summed E-state index contributed by atoms with van der Waals surface area (Å²) < 4.78 is 0. The molecule has 1 fully saturated rings. The zero-order valence-corrected chi connectivity index (χ0v) is 15.7. The molecule has 3 atom stereocenters. The minimum Gasteiger partial charge on any atom is -0.325 e. The number of benzene rings is 2. The van der Waals surface area contributed by atoms with Gasteiger partial charge in [-0.3, -0.25) is 0 Å². The fourth-order valence-electron chi connectivity index (χ4n) is 3.84. The Hall–Kier alpha value is -1.43. The predicted octanol–water partition coefficient (Wildman–Crippen LogP) is 4.58. The number of hydrogen-bond donors (Lipinski definition) is 1. The van der Waals surface area contributed by atoms with Crippen LogP contribution in [0.25, 0.3) is 0 Å². The van der Waals surface area contributed by atoms with Gasteiger partial charge >= 0.3 is 0 Å². The van der Waals surface area contributed by atoms with Gasteiger partial charge in [0.1, 0.15) is 0 Å². The van der Waals surface area contributed by atoms with E-state index in [-0.39, 0.29) is 5.54 Å². The first kappa shape index (κ1) is 17.4. The molecule has 0 radical (unpaired) electrons. The van der Waals surface area contributed by atoms with Gasteiger partial charge in [0, 0.05) is 11.2 Å². The molecule has 2 N–H and O–H groups in total. The monoisotopic (exact) mass is 337 g/mol. The molecule has 126 valence electrons. The Morgan fingerprint density at radius 2 is 1.54 bits per heavy atom. The van der Waals surface area contributed by atoms with Gasteiger partial charge in [-0.05, 0) is 57.6 Å². The molecule has 2 heteroatoms. The molecule has 1 saturated carbocycles. The topological polar surface area (TPSA) is 26.0 Å². The summed E-state index contributed by atoms with van der Waals surface area (Å²) in [6.07, 6.45) is 3.40. The highest BCUT2D eigenvalue weighted by Gasteiger charge is 2.42. The van der Waals surface area contributed by atoms with E-state index in [4.69, 9.17) is 5.73 Å². The van der Waals surface area contributed by atoms with Crippen LogP contribution in [0, 0.1) is 5.92 Å². The second-order valence-electron chi connectivity index (χ2n) is 7.38. The van der Waals surface area contributed by atoms with Crippen molar-refractivity contribution in [2.24, 2.45) is 11.7 Å². The normalized spacial score (nSPS) is 27.2. The first-order chi connectivity index (χ1) is 11.5. The third-order valence-corrected chi connectivity index (χ3v) is 8.51. The van der Waals surface area contributed by atoms with Crippen molar-refractivity contribution in [1.29, 1.82) is 0 Å². The summed E-state index contributed by atoms with van der Waals surface area (Å²) in [4.78, 5) is 0. The van der Waals surface area contributed by atoms with Crippen molar-refractivity contribution in [2.45, 2.75) is 44.3 Å². The quantitative estimate of drug-likeness (QED) is 0.641. The third kappa shape index (κ3) is 3.63. The fraction of sp³-hybridized carbons (Fsp3) is 0.364. The Bertz CT molecular complexity index is 638. The smallest absolute Gasteiger partial charge is 0.0200 e. The first-order valence-corrected chi connectivity index (χ1v) is 10.2. The van der Waals surface area contributed by atoms with Gasteiger partial charge in [0.2, 0.25) is 0 Å². The Labute approximate surface area is 147 Å². The lowest BCUT2D eigenvalue weighted by molar-refractivity contribution is 0.282. The van der Waals surface area contributed by atoms with Crippen molar-refractivity contribution < 1.29 is 0 Å². The van der Waals surface area contributed by atoms with Crippen LogP contribution in [-0.2, 0) is 0 Å². The number of nitrogens with two attached hydrogens (primary N) is 1. The molecular formula is C22H28NP. The molecule has 0 aliphatic heterocycles. The maximum atomic E-state index is 6.85. The molecule has 2 aromatic rings. The molecule has 0 aromatic heterocycles. The van der Waals surface area contributed by atoms with Crippen LogP contribution in [0.3, 0.4) is 0 Å². The van der Waals surface area contributed by atoms with Crippen LogP contribution >= 0.6 is 7.92 Å². The molecule has 24 heavy (non-hydrogen) atoms. The first-order valence-electron chi connectivity index (χ1n) is 8.82. The van der Waals surface area contributed by atoms with Crippen molar-refractivity contribution in [3.8, 4) is 0 Å². The summed E-state index contributed by atoms with van der Waals surface area (Å²) in [6, 6.07) is 21.9. The Kier molecular flexibility index (Phi) is 5.23. The van der Waals surface area contributed by atoms with E-state index in [1.54, 1.807) is 0 Å². The summed E-state index contributed by atoms with van der Waals surface area (Å²) in [5.41, 5.74) is 8.52. The van der Waals surface area contributed by atoms with E-state index < -0.39 is 7.92 Å². The Morgan fingerprint density at radius 1 is 1.04 bits per heavy atom. The average molecular weight is 337 g/mol. The number of allylic oxidation sites excluding steroid dienone is 1. The van der Waals surface area contributed by atoms with Gasteiger partial charge in [0.05, 0.1) is 0 Å². The van der Waals surface area contributed by atoms with Crippen LogP contribution in [0.4, 0.5) is 0 Å². The molecule has 0 amide bonds. The summed E-state index contributed by atoms with van der Waals surface area (Å²) in [6.45, 7) is 8.66. The molecule has 3 rings (SSSR count). The molecule has 0 saturated heterocycles. The van der Waals surface area contributed by atoms with Gasteiger partial charge in [-0.25, -0.2) is 0 Å². The van der Waals surface area contributed by atoms with Gasteiger partial charge in [-0.1, -0.05) is 72.8 Å². The molecule has 0 spiro atoms. The molecule has 2 aromatic carbocycles. The number of hydrogen-bond acceptors (Lipinski definition) is 1. The maximum absolute atomic E-state index is 6.85. The zero-order chi connectivity index (χ0) is 17.2. The SMILES string of the molecule is C=C(C)[C@H]1CC[C@@](C)(N)[C@H](P(c2ccccc2)c2ccccc2)C1. The van der Waals surface area contributed by atoms with Gasteiger partial charge in [0.25, 0.3) is 0 Å². The highest BCUT2D eigenvalue weighted by Crippen LogP contribution is 2.51. The minimum atomic E-state index is -0.475. The predicted molar refractivity (Wildman–Crippen MR) is 108 cm³/mol. The Morgan fingerprint density at radius 3 is 2.00 bits per heavy atom. The highest BCUT2D eigenvalue weighted by atomic mass is 31.1. The maximum Gasteiger partial charge on any atom is 0.0200 e. The van der Waals surface area contributed by atoms with Crippen LogP contribution < -0.4 is 16.3 Å². The van der Waals surface area contributed by atoms with Crippen LogP contribution in [0.1, 0.15) is 33.1 Å². The molecule has 1 nitrogen and oxygen atoms in total. The van der Waals surface area contributed by atoms with E-state index in [2.05, 4.69) is 81.1 Å².